The highest BCUT2D eigenvalue weighted by Gasteiger charge is 2.27. The van der Waals surface area contributed by atoms with E-state index in [-0.39, 0.29) is 11.9 Å². The van der Waals surface area contributed by atoms with E-state index < -0.39 is 0 Å². The van der Waals surface area contributed by atoms with Crippen LogP contribution in [0.4, 0.5) is 10.5 Å². The third kappa shape index (κ3) is 3.22. The monoisotopic (exact) mass is 339 g/mol. The quantitative estimate of drug-likeness (QED) is 0.747. The molecular formula is C18H21N5O2. The number of nitrogens with one attached hydrogen (secondary N) is 2. The number of furan rings is 1. The number of carbonyl (C=O) groups is 1. The third-order valence-electron chi connectivity index (χ3n) is 4.58. The van der Waals surface area contributed by atoms with Crippen molar-refractivity contribution in [1.29, 1.82) is 0 Å². The van der Waals surface area contributed by atoms with Gasteiger partial charge in [0, 0.05) is 30.1 Å². The van der Waals surface area contributed by atoms with Crippen LogP contribution in [-0.4, -0.2) is 39.2 Å². The Morgan fingerprint density at radius 1 is 1.36 bits per heavy atom. The zero-order valence-electron chi connectivity index (χ0n) is 14.4. The molecule has 1 atom stereocenters. The summed E-state index contributed by atoms with van der Waals surface area (Å²) in [4.78, 5) is 18.9. The molecule has 1 aliphatic rings. The molecule has 2 N–H and O–H groups in total. The summed E-state index contributed by atoms with van der Waals surface area (Å²) in [6.07, 6.45) is 1.95. The van der Waals surface area contributed by atoms with Gasteiger partial charge in [0.2, 0.25) is 0 Å². The summed E-state index contributed by atoms with van der Waals surface area (Å²) in [5.41, 5.74) is 1.60. The Kier molecular flexibility index (Phi) is 3.91. The van der Waals surface area contributed by atoms with Gasteiger partial charge in [0.1, 0.15) is 17.2 Å². The lowest BCUT2D eigenvalue weighted by Gasteiger charge is -2.31. The number of likely N-dealkylation sites (tertiary alicyclic amines) is 1. The molecule has 1 aromatic carbocycles. The van der Waals surface area contributed by atoms with Gasteiger partial charge in [-0.25, -0.2) is 9.78 Å². The van der Waals surface area contributed by atoms with E-state index in [9.17, 15) is 4.79 Å². The molecule has 0 radical (unpaired) electrons. The van der Waals surface area contributed by atoms with Crippen LogP contribution in [0.1, 0.15) is 36.2 Å². The van der Waals surface area contributed by atoms with E-state index in [0.717, 1.165) is 53.5 Å². The molecule has 1 unspecified atom stereocenters. The van der Waals surface area contributed by atoms with Gasteiger partial charge in [0.05, 0.1) is 0 Å². The first-order valence-corrected chi connectivity index (χ1v) is 8.53. The van der Waals surface area contributed by atoms with Crippen molar-refractivity contribution >= 4 is 22.7 Å². The van der Waals surface area contributed by atoms with Crippen LogP contribution in [0.25, 0.3) is 11.0 Å². The second-order valence-corrected chi connectivity index (χ2v) is 6.60. The van der Waals surface area contributed by atoms with Crippen LogP contribution in [-0.2, 0) is 0 Å². The molecular weight excluding hydrogens is 318 g/mol. The van der Waals surface area contributed by atoms with Gasteiger partial charge in [-0.05, 0) is 51.0 Å². The molecule has 0 aliphatic carbocycles. The maximum Gasteiger partial charge on any atom is 0.321 e. The molecule has 1 aliphatic heterocycles. The molecule has 25 heavy (non-hydrogen) atoms. The molecule has 3 aromatic rings. The number of amides is 2. The number of aryl methyl sites for hydroxylation is 2. The lowest BCUT2D eigenvalue weighted by atomic mass is 9.98. The Bertz CT molecular complexity index is 913. The topological polar surface area (TPSA) is 87.1 Å². The van der Waals surface area contributed by atoms with E-state index >= 15 is 0 Å². The summed E-state index contributed by atoms with van der Waals surface area (Å²) in [6, 6.07) is 7.56. The smallest absolute Gasteiger partial charge is 0.321 e. The molecule has 4 rings (SSSR count). The second kappa shape index (κ2) is 6.23. The number of H-pyrrole nitrogens is 1. The van der Waals surface area contributed by atoms with Crippen LogP contribution >= 0.6 is 0 Å². The van der Waals surface area contributed by atoms with Crippen LogP contribution in [0.5, 0.6) is 0 Å². The van der Waals surface area contributed by atoms with Crippen molar-refractivity contribution in [2.45, 2.75) is 32.6 Å². The van der Waals surface area contributed by atoms with Crippen LogP contribution in [0.3, 0.4) is 0 Å². The van der Waals surface area contributed by atoms with E-state index in [2.05, 4.69) is 20.5 Å². The van der Waals surface area contributed by atoms with Gasteiger partial charge in [-0.3, -0.25) is 5.10 Å². The molecule has 3 heterocycles. The Morgan fingerprint density at radius 2 is 2.24 bits per heavy atom. The van der Waals surface area contributed by atoms with E-state index in [1.54, 1.807) is 0 Å². The van der Waals surface area contributed by atoms with Crippen molar-refractivity contribution in [2.24, 2.45) is 0 Å². The fraction of sp³-hybridized carbons (Fsp3) is 0.389. The minimum Gasteiger partial charge on any atom is -0.461 e. The summed E-state index contributed by atoms with van der Waals surface area (Å²) >= 11 is 0. The average Bonchev–Trinajstić information content (AvgIpc) is 3.19. The van der Waals surface area contributed by atoms with Crippen molar-refractivity contribution in [3.63, 3.8) is 0 Å². The largest absolute Gasteiger partial charge is 0.461 e. The number of rotatable bonds is 2. The second-order valence-electron chi connectivity index (χ2n) is 6.60. The van der Waals surface area contributed by atoms with Gasteiger partial charge in [-0.1, -0.05) is 0 Å². The molecule has 7 nitrogen and oxygen atoms in total. The number of hydrogen-bond acceptors (Lipinski definition) is 4. The number of piperidine rings is 1. The van der Waals surface area contributed by atoms with Crippen molar-refractivity contribution in [1.82, 2.24) is 20.1 Å². The van der Waals surface area contributed by atoms with Crippen molar-refractivity contribution in [3.8, 4) is 0 Å². The number of aromatic amines is 1. The predicted molar refractivity (Wildman–Crippen MR) is 94.6 cm³/mol. The number of nitrogens with zero attached hydrogens (tertiary/aromatic N) is 3. The number of anilines is 1. The first-order chi connectivity index (χ1) is 12.1. The normalized spacial score (nSPS) is 17.8. The average molecular weight is 339 g/mol. The summed E-state index contributed by atoms with van der Waals surface area (Å²) < 4.78 is 5.57. The SMILES string of the molecule is Cc1nc(C2CCCN(C(=O)Nc3ccc4oc(C)cc4c3)C2)n[nH]1. The molecule has 2 aromatic heterocycles. The summed E-state index contributed by atoms with van der Waals surface area (Å²) in [6.45, 7) is 5.18. The van der Waals surface area contributed by atoms with Gasteiger partial charge in [-0.2, -0.15) is 5.10 Å². The van der Waals surface area contributed by atoms with Crippen LogP contribution in [0.2, 0.25) is 0 Å². The Morgan fingerprint density at radius 3 is 3.04 bits per heavy atom. The number of fused-ring (bicyclic) bond motifs is 1. The molecule has 0 spiro atoms. The maximum atomic E-state index is 12.6. The van der Waals surface area contributed by atoms with Crippen LogP contribution in [0, 0.1) is 13.8 Å². The van der Waals surface area contributed by atoms with Gasteiger partial charge in [-0.15, -0.1) is 0 Å². The summed E-state index contributed by atoms with van der Waals surface area (Å²) in [5, 5.41) is 11.1. The Hall–Kier alpha value is -2.83. The summed E-state index contributed by atoms with van der Waals surface area (Å²) in [7, 11) is 0. The maximum absolute atomic E-state index is 12.6. The Labute approximate surface area is 145 Å². The van der Waals surface area contributed by atoms with Gasteiger partial charge in [0.25, 0.3) is 0 Å². The number of hydrogen-bond donors (Lipinski definition) is 2. The van der Waals surface area contributed by atoms with Gasteiger partial charge >= 0.3 is 6.03 Å². The lowest BCUT2D eigenvalue weighted by molar-refractivity contribution is 0.191. The highest BCUT2D eigenvalue weighted by molar-refractivity contribution is 5.92. The first kappa shape index (κ1) is 15.7. The minimum absolute atomic E-state index is 0.0866. The zero-order chi connectivity index (χ0) is 17.4. The van der Waals surface area contributed by atoms with E-state index in [0.29, 0.717) is 6.54 Å². The van der Waals surface area contributed by atoms with Gasteiger partial charge < -0.3 is 14.6 Å². The number of benzene rings is 1. The van der Waals surface area contributed by atoms with Crippen LogP contribution in [0.15, 0.2) is 28.7 Å². The van der Waals surface area contributed by atoms with Crippen molar-refractivity contribution in [2.75, 3.05) is 18.4 Å². The Balaban J connectivity index is 1.45. The van der Waals surface area contributed by atoms with Crippen LogP contribution < -0.4 is 5.32 Å². The molecule has 1 fully saturated rings. The minimum atomic E-state index is -0.0866. The highest BCUT2D eigenvalue weighted by atomic mass is 16.3. The molecule has 2 amide bonds. The van der Waals surface area contributed by atoms with Crippen molar-refractivity contribution in [3.05, 3.63) is 41.7 Å². The standard InChI is InChI=1S/C18H21N5O2/c1-11-8-14-9-15(5-6-16(14)25-11)20-18(24)23-7-3-4-13(10-23)17-19-12(2)21-22-17/h5-6,8-9,13H,3-4,7,10H2,1-2H3,(H,20,24)(H,19,21,22). The molecule has 7 heteroatoms. The zero-order valence-corrected chi connectivity index (χ0v) is 14.4. The van der Waals surface area contributed by atoms with E-state index in [1.165, 1.54) is 0 Å². The molecule has 1 saturated heterocycles. The molecule has 0 bridgehead atoms. The predicted octanol–water partition coefficient (Wildman–Crippen LogP) is 3.58. The highest BCUT2D eigenvalue weighted by Crippen LogP contribution is 2.26. The summed E-state index contributed by atoms with van der Waals surface area (Å²) in [5.74, 6) is 2.65. The van der Waals surface area contributed by atoms with E-state index in [1.807, 2.05) is 43.0 Å². The van der Waals surface area contributed by atoms with Crippen molar-refractivity contribution < 1.29 is 9.21 Å². The number of urea groups is 1. The molecule has 130 valence electrons. The lowest BCUT2D eigenvalue weighted by Crippen LogP contribution is -2.41. The number of aromatic nitrogens is 3. The first-order valence-electron chi connectivity index (χ1n) is 8.53. The fourth-order valence-corrected chi connectivity index (χ4v) is 3.37. The van der Waals surface area contributed by atoms with E-state index in [4.69, 9.17) is 4.42 Å². The fourth-order valence-electron chi connectivity index (χ4n) is 3.37. The molecule has 0 saturated carbocycles. The van der Waals surface area contributed by atoms with Gasteiger partial charge in [0.15, 0.2) is 5.82 Å². The third-order valence-corrected chi connectivity index (χ3v) is 4.58. The number of carbonyl (C=O) groups excluding carboxylic acids is 1.